The van der Waals surface area contributed by atoms with Crippen LogP contribution in [0.1, 0.15) is 73.4 Å². The first-order valence-corrected chi connectivity index (χ1v) is 17.6. The quantitative estimate of drug-likeness (QED) is 0.0582. The second-order valence-corrected chi connectivity index (χ2v) is 16.9. The summed E-state index contributed by atoms with van der Waals surface area (Å²) in [6.45, 7) is 11.6. The smallest absolute Gasteiger partial charge is 0.326 e. The summed E-state index contributed by atoms with van der Waals surface area (Å²) in [6.07, 6.45) is 1.05. The van der Waals surface area contributed by atoms with E-state index in [2.05, 4.69) is 0 Å². The summed E-state index contributed by atoms with van der Waals surface area (Å²) in [5.74, 6) is -26.2. The van der Waals surface area contributed by atoms with Gasteiger partial charge in [-0.15, -0.1) is 0 Å². The second-order valence-electron chi connectivity index (χ2n) is 16.9. The molecule has 1 aromatic heterocycles. The fourth-order valence-electron chi connectivity index (χ4n) is 6.98. The number of fused-ring (bicyclic) bond motifs is 1. The molecule has 4 nitrogen and oxygen atoms in total. The van der Waals surface area contributed by atoms with Gasteiger partial charge < -0.3 is 9.38 Å². The van der Waals surface area contributed by atoms with Gasteiger partial charge in [-0.05, 0) is 84.0 Å². The SMILES string of the molecule is CC(C)(C)c1ccc(N(c2ccc(C(C)(C)C)cc2)c2ccc3[n+](c2)[B-](c2c(F)c(F)c(F)c(F)c2F)(c2c(F)c(F)c(F)c(F)c2F)O[N+]3C(C)(C)C)cc1. The predicted molar refractivity (Wildman–Crippen MR) is 194 cm³/mol. The summed E-state index contributed by atoms with van der Waals surface area (Å²) in [5.41, 5.74) is -2.89. The van der Waals surface area contributed by atoms with Crippen LogP contribution in [0.3, 0.4) is 0 Å². The van der Waals surface area contributed by atoms with Crippen molar-refractivity contribution >= 4 is 40.3 Å². The molecule has 1 aliphatic rings. The molecule has 0 N–H and O–H groups in total. The maximum absolute atomic E-state index is 16.2. The summed E-state index contributed by atoms with van der Waals surface area (Å²) < 4.78 is 161. The number of halogens is 10. The molecule has 0 amide bonds. The molecule has 0 saturated carbocycles. The van der Waals surface area contributed by atoms with Crippen molar-refractivity contribution in [2.24, 2.45) is 0 Å². The molecule has 6 rings (SSSR count). The molecule has 5 aromatic rings. The van der Waals surface area contributed by atoms with E-state index in [0.29, 0.717) is 15.9 Å². The number of rotatable bonds is 5. The van der Waals surface area contributed by atoms with Gasteiger partial charge in [0.05, 0.1) is 11.1 Å². The topological polar surface area (TPSA) is 22.3 Å². The van der Waals surface area contributed by atoms with E-state index in [1.807, 2.05) is 65.8 Å². The fraction of sp³-hybridized carbons (Fsp3) is 0.293. The first-order chi connectivity index (χ1) is 25.8. The van der Waals surface area contributed by atoms with Crippen LogP contribution in [0.5, 0.6) is 0 Å². The van der Waals surface area contributed by atoms with Gasteiger partial charge in [-0.2, -0.15) is 0 Å². The van der Waals surface area contributed by atoms with Crippen LogP contribution in [-0.2, 0) is 15.6 Å². The first kappa shape index (κ1) is 40.8. The Bertz CT molecular complexity index is 2180. The van der Waals surface area contributed by atoms with E-state index in [1.54, 1.807) is 29.2 Å². The third-order valence-electron chi connectivity index (χ3n) is 9.92. The number of hydroxylamine groups is 1. The van der Waals surface area contributed by atoms with Crippen LogP contribution >= 0.6 is 0 Å². The summed E-state index contributed by atoms with van der Waals surface area (Å²) in [4.78, 5) is 1.63. The Labute approximate surface area is 317 Å². The molecule has 0 fully saturated rings. The normalized spacial score (nSPS) is 14.7. The first-order valence-electron chi connectivity index (χ1n) is 17.6. The zero-order chi connectivity index (χ0) is 41.6. The van der Waals surface area contributed by atoms with Crippen molar-refractivity contribution in [3.63, 3.8) is 0 Å². The Kier molecular flexibility index (Phi) is 9.94. The van der Waals surface area contributed by atoms with E-state index in [1.165, 1.54) is 32.9 Å². The molecule has 0 bridgehead atoms. The zero-order valence-corrected chi connectivity index (χ0v) is 32.0. The van der Waals surface area contributed by atoms with Gasteiger partial charge in [0.25, 0.3) is 0 Å². The van der Waals surface area contributed by atoms with Crippen molar-refractivity contribution in [3.05, 3.63) is 136 Å². The van der Waals surface area contributed by atoms with Crippen molar-refractivity contribution in [2.45, 2.75) is 78.7 Å². The molecule has 1 radical (unpaired) electrons. The molecule has 15 heteroatoms. The molecule has 0 aliphatic carbocycles. The van der Waals surface area contributed by atoms with Crippen LogP contribution < -0.4 is 25.4 Å². The highest BCUT2D eigenvalue weighted by Crippen LogP contribution is 2.40. The number of anilines is 4. The van der Waals surface area contributed by atoms with Gasteiger partial charge in [0.15, 0.2) is 40.4 Å². The largest absolute Gasteiger partial charge is 0.531 e. The van der Waals surface area contributed by atoms with E-state index < -0.39 is 81.1 Å². The van der Waals surface area contributed by atoms with Crippen molar-refractivity contribution in [2.75, 3.05) is 4.90 Å². The highest BCUT2D eigenvalue weighted by molar-refractivity contribution is 6.91. The van der Waals surface area contributed by atoms with E-state index >= 15 is 35.1 Å². The molecule has 0 atom stereocenters. The van der Waals surface area contributed by atoms with Crippen molar-refractivity contribution in [1.82, 2.24) is 5.06 Å². The summed E-state index contributed by atoms with van der Waals surface area (Å²) in [5, 5.41) is 0.855. The minimum Gasteiger partial charge on any atom is -0.326 e. The Hall–Kier alpha value is -4.89. The highest BCUT2D eigenvalue weighted by atomic mass is 19.2. The number of hydrogen-bond acceptors (Lipinski definition) is 3. The lowest BCUT2D eigenvalue weighted by Crippen LogP contribution is -2.81. The van der Waals surface area contributed by atoms with Crippen LogP contribution in [0.15, 0.2) is 66.9 Å². The minimum absolute atomic E-state index is 0.0686. The number of hydrogen-bond donors (Lipinski definition) is 0. The Morgan fingerprint density at radius 1 is 0.446 bits per heavy atom. The van der Waals surface area contributed by atoms with E-state index in [9.17, 15) is 8.78 Å². The number of nitrogens with zero attached hydrogens (tertiary/aromatic N) is 3. The molecule has 0 saturated heterocycles. The maximum atomic E-state index is 16.2. The lowest BCUT2D eigenvalue weighted by atomic mass is 9.41. The number of benzene rings is 4. The maximum Gasteiger partial charge on any atom is 0.531 e. The van der Waals surface area contributed by atoms with Gasteiger partial charge in [-0.3, -0.25) is 4.76 Å². The third-order valence-corrected chi connectivity index (χ3v) is 9.92. The van der Waals surface area contributed by atoms with Crippen molar-refractivity contribution in [3.8, 4) is 0 Å². The molecular weight excluding hydrogens is 751 g/mol. The van der Waals surface area contributed by atoms with Crippen molar-refractivity contribution in [1.29, 1.82) is 0 Å². The second kappa shape index (κ2) is 13.6. The lowest BCUT2D eigenvalue weighted by Gasteiger charge is -2.30. The van der Waals surface area contributed by atoms with Gasteiger partial charge in [-0.1, -0.05) is 65.8 Å². The Morgan fingerprint density at radius 3 is 1.09 bits per heavy atom. The van der Waals surface area contributed by atoms with Crippen LogP contribution in [0.2, 0.25) is 0 Å². The molecule has 1 aliphatic heterocycles. The fourth-order valence-corrected chi connectivity index (χ4v) is 6.98. The molecular formula is C41H38BF10N3O+. The highest BCUT2D eigenvalue weighted by Gasteiger charge is 2.67. The van der Waals surface area contributed by atoms with E-state index in [-0.39, 0.29) is 22.3 Å². The molecule has 295 valence electrons. The summed E-state index contributed by atoms with van der Waals surface area (Å²) in [7, 11) is 0. The molecule has 2 heterocycles. The third kappa shape index (κ3) is 6.42. The van der Waals surface area contributed by atoms with Gasteiger partial charge in [0.1, 0.15) is 35.2 Å². The number of aromatic nitrogens is 1. The average molecular weight is 790 g/mol. The molecule has 56 heavy (non-hydrogen) atoms. The molecule has 0 unspecified atom stereocenters. The van der Waals surface area contributed by atoms with Crippen LogP contribution in [0.25, 0.3) is 0 Å². The van der Waals surface area contributed by atoms with Crippen LogP contribution in [0, 0.1) is 58.2 Å². The Balaban J connectivity index is 1.78. The van der Waals surface area contributed by atoms with Gasteiger partial charge in [-0.25, -0.2) is 43.9 Å². The standard InChI is InChI=1S/C41H38BF10N3O/c1-39(2,3)21-10-14-23(15-11-21)54(24-16-12-22(13-17-24)40(4,5)6)25-18-19-26-53(20-25)42(56-55(26)41(7,8)9,27-29(43)33(47)37(51)34(48)30(27)44)28-31(45)35(49)38(52)36(50)32(28)46/h10-20H,1-9H3/q+1. The molecule has 0 spiro atoms. The summed E-state index contributed by atoms with van der Waals surface area (Å²) in [6, 6.07) is 17.3. The van der Waals surface area contributed by atoms with Crippen molar-refractivity contribution < 1.29 is 53.1 Å². The minimum atomic E-state index is -4.85. The van der Waals surface area contributed by atoms with E-state index in [4.69, 9.17) is 4.76 Å². The molecule has 4 aromatic carbocycles. The summed E-state index contributed by atoms with van der Waals surface area (Å²) >= 11 is 0. The van der Waals surface area contributed by atoms with Crippen LogP contribution in [0.4, 0.5) is 66.8 Å². The monoisotopic (exact) mass is 789 g/mol. The predicted octanol–water partition coefficient (Wildman–Crippen LogP) is 10.0. The average Bonchev–Trinajstić information content (AvgIpc) is 3.47. The lowest BCUT2D eigenvalue weighted by molar-refractivity contribution is -0.527. The number of pyridine rings is 1. The van der Waals surface area contributed by atoms with Gasteiger partial charge >= 0.3 is 12.3 Å². The van der Waals surface area contributed by atoms with Gasteiger partial charge in [0.2, 0.25) is 0 Å². The Morgan fingerprint density at radius 2 is 0.768 bits per heavy atom. The van der Waals surface area contributed by atoms with Gasteiger partial charge in [0, 0.05) is 11.4 Å². The zero-order valence-electron chi connectivity index (χ0n) is 32.0. The van der Waals surface area contributed by atoms with E-state index in [0.717, 1.165) is 22.4 Å². The van der Waals surface area contributed by atoms with Crippen LogP contribution in [-0.4, -0.2) is 12.0 Å².